The van der Waals surface area contributed by atoms with Crippen molar-refractivity contribution in [3.05, 3.63) is 29.8 Å². The first-order valence-corrected chi connectivity index (χ1v) is 9.89. The number of thiocarbonyl (C=S) groups is 1. The highest BCUT2D eigenvalue weighted by atomic mass is 32.2. The standard InChI is InChI=1S/C12H16N2O4S3/c1-12(6-7-20(15,16)8-12)14-21(17,18)10-5-3-2-4-9(10)11(13)19/h2-5,14H,6-8H2,1H3,(H2,13,19). The highest BCUT2D eigenvalue weighted by molar-refractivity contribution is 7.92. The van der Waals surface area contributed by atoms with Crippen LogP contribution < -0.4 is 10.5 Å². The monoisotopic (exact) mass is 348 g/mol. The molecule has 0 saturated carbocycles. The Morgan fingerprint density at radius 3 is 2.52 bits per heavy atom. The van der Waals surface area contributed by atoms with E-state index in [1.165, 1.54) is 12.1 Å². The average molecular weight is 348 g/mol. The fourth-order valence-electron chi connectivity index (χ4n) is 2.37. The molecule has 116 valence electrons. The summed E-state index contributed by atoms with van der Waals surface area (Å²) in [5.74, 6) is -0.239. The summed E-state index contributed by atoms with van der Waals surface area (Å²) in [6, 6.07) is 6.10. The summed E-state index contributed by atoms with van der Waals surface area (Å²) >= 11 is 4.85. The predicted molar refractivity (Wildman–Crippen MR) is 84.3 cm³/mol. The van der Waals surface area contributed by atoms with Gasteiger partial charge in [-0.15, -0.1) is 0 Å². The summed E-state index contributed by atoms with van der Waals surface area (Å²) in [4.78, 5) is -0.0665. The third-order valence-electron chi connectivity index (χ3n) is 3.33. The first-order valence-electron chi connectivity index (χ1n) is 6.18. The van der Waals surface area contributed by atoms with Gasteiger partial charge in [0.15, 0.2) is 9.84 Å². The first kappa shape index (κ1) is 16.3. The molecule has 1 heterocycles. The molecule has 1 unspecified atom stereocenters. The van der Waals surface area contributed by atoms with Crippen molar-refractivity contribution >= 4 is 37.1 Å². The van der Waals surface area contributed by atoms with Crippen LogP contribution in [0.3, 0.4) is 0 Å². The van der Waals surface area contributed by atoms with Gasteiger partial charge in [-0.3, -0.25) is 0 Å². The van der Waals surface area contributed by atoms with Crippen LogP contribution in [0.2, 0.25) is 0 Å². The summed E-state index contributed by atoms with van der Waals surface area (Å²) in [6.45, 7) is 1.58. The molecule has 1 atom stereocenters. The Kier molecular flexibility index (Phi) is 4.13. The van der Waals surface area contributed by atoms with Crippen molar-refractivity contribution in [3.63, 3.8) is 0 Å². The SMILES string of the molecule is CC1(NS(=O)(=O)c2ccccc2C(N)=S)CCS(=O)(=O)C1. The second-order valence-corrected chi connectivity index (χ2v) is 9.64. The summed E-state index contributed by atoms with van der Waals surface area (Å²) < 4.78 is 50.6. The van der Waals surface area contributed by atoms with Crippen LogP contribution in [0.1, 0.15) is 18.9 Å². The zero-order chi connectivity index (χ0) is 15.9. The molecule has 1 fully saturated rings. The van der Waals surface area contributed by atoms with Crippen LogP contribution in [-0.4, -0.2) is 38.9 Å². The lowest BCUT2D eigenvalue weighted by molar-refractivity contribution is 0.461. The van der Waals surface area contributed by atoms with E-state index in [4.69, 9.17) is 18.0 Å². The lowest BCUT2D eigenvalue weighted by atomic mass is 10.0. The van der Waals surface area contributed by atoms with Crippen LogP contribution in [0, 0.1) is 0 Å². The molecule has 1 aliphatic rings. The Morgan fingerprint density at radius 2 is 2.00 bits per heavy atom. The van der Waals surface area contributed by atoms with Gasteiger partial charge in [0.05, 0.1) is 16.4 Å². The van der Waals surface area contributed by atoms with Crippen molar-refractivity contribution in [3.8, 4) is 0 Å². The molecule has 1 aromatic carbocycles. The number of rotatable bonds is 4. The fourth-order valence-corrected chi connectivity index (χ4v) is 6.46. The second kappa shape index (κ2) is 5.31. The van der Waals surface area contributed by atoms with Crippen molar-refractivity contribution in [2.24, 2.45) is 5.73 Å². The fraction of sp³-hybridized carbons (Fsp3) is 0.417. The molecule has 1 saturated heterocycles. The topological polar surface area (TPSA) is 106 Å². The highest BCUT2D eigenvalue weighted by Gasteiger charge is 2.41. The number of nitrogens with one attached hydrogen (secondary N) is 1. The number of sulfone groups is 1. The van der Waals surface area contributed by atoms with Gasteiger partial charge in [0.25, 0.3) is 0 Å². The van der Waals surface area contributed by atoms with Gasteiger partial charge >= 0.3 is 0 Å². The molecule has 1 aliphatic heterocycles. The minimum Gasteiger partial charge on any atom is -0.389 e. The van der Waals surface area contributed by atoms with Gasteiger partial charge < -0.3 is 5.73 Å². The molecule has 0 spiro atoms. The molecular formula is C12H16N2O4S3. The number of sulfonamides is 1. The molecule has 0 aromatic heterocycles. The molecular weight excluding hydrogens is 332 g/mol. The van der Waals surface area contributed by atoms with Gasteiger partial charge in [-0.25, -0.2) is 21.6 Å². The zero-order valence-electron chi connectivity index (χ0n) is 11.4. The minimum atomic E-state index is -3.91. The maximum Gasteiger partial charge on any atom is 0.241 e. The van der Waals surface area contributed by atoms with Gasteiger partial charge in [0.1, 0.15) is 4.99 Å². The molecule has 0 radical (unpaired) electrons. The molecule has 3 N–H and O–H groups in total. The first-order chi connectivity index (χ1) is 9.55. The van der Waals surface area contributed by atoms with Crippen molar-refractivity contribution in [2.45, 2.75) is 23.8 Å². The van der Waals surface area contributed by atoms with Gasteiger partial charge in [0.2, 0.25) is 10.0 Å². The van der Waals surface area contributed by atoms with E-state index in [0.717, 1.165) is 0 Å². The van der Waals surface area contributed by atoms with E-state index in [1.54, 1.807) is 19.1 Å². The number of benzene rings is 1. The van der Waals surface area contributed by atoms with E-state index in [2.05, 4.69) is 4.72 Å². The maximum atomic E-state index is 12.5. The van der Waals surface area contributed by atoms with Crippen molar-refractivity contribution in [2.75, 3.05) is 11.5 Å². The number of nitrogens with two attached hydrogens (primary N) is 1. The maximum absolute atomic E-state index is 12.5. The van der Waals surface area contributed by atoms with E-state index in [1.807, 2.05) is 0 Å². The molecule has 21 heavy (non-hydrogen) atoms. The Hall–Kier alpha value is -1.03. The summed E-state index contributed by atoms with van der Waals surface area (Å²) in [5, 5.41) is 0. The summed E-state index contributed by atoms with van der Waals surface area (Å²) in [7, 11) is -7.12. The van der Waals surface area contributed by atoms with Crippen LogP contribution in [0.25, 0.3) is 0 Å². The minimum absolute atomic E-state index is 0.0248. The van der Waals surface area contributed by atoms with Crippen LogP contribution in [0.4, 0.5) is 0 Å². The van der Waals surface area contributed by atoms with E-state index < -0.39 is 25.4 Å². The normalized spacial score (nSPS) is 24.8. The van der Waals surface area contributed by atoms with E-state index in [0.29, 0.717) is 0 Å². The summed E-state index contributed by atoms with van der Waals surface area (Å²) in [6.07, 6.45) is 0.240. The molecule has 0 amide bonds. The zero-order valence-corrected chi connectivity index (χ0v) is 13.8. The Bertz CT molecular complexity index is 786. The quantitative estimate of drug-likeness (QED) is 0.752. The van der Waals surface area contributed by atoms with Crippen LogP contribution in [0.5, 0.6) is 0 Å². The highest BCUT2D eigenvalue weighted by Crippen LogP contribution is 2.26. The third-order valence-corrected chi connectivity index (χ3v) is 7.15. The van der Waals surface area contributed by atoms with Crippen LogP contribution in [-0.2, 0) is 19.9 Å². The molecule has 2 rings (SSSR count). The van der Waals surface area contributed by atoms with Crippen molar-refractivity contribution in [1.82, 2.24) is 4.72 Å². The number of hydrogen-bond acceptors (Lipinski definition) is 5. The third kappa shape index (κ3) is 3.60. The van der Waals surface area contributed by atoms with Gasteiger partial charge in [-0.05, 0) is 19.4 Å². The largest absolute Gasteiger partial charge is 0.389 e. The van der Waals surface area contributed by atoms with Gasteiger partial charge in [0, 0.05) is 11.1 Å². The molecule has 1 aromatic rings. The van der Waals surface area contributed by atoms with Crippen LogP contribution in [0.15, 0.2) is 29.2 Å². The van der Waals surface area contributed by atoms with Gasteiger partial charge in [-0.1, -0.05) is 30.4 Å². The molecule has 6 nitrogen and oxygen atoms in total. The lowest BCUT2D eigenvalue weighted by Crippen LogP contribution is -2.47. The van der Waals surface area contributed by atoms with Crippen molar-refractivity contribution < 1.29 is 16.8 Å². The lowest BCUT2D eigenvalue weighted by Gasteiger charge is -2.24. The smallest absolute Gasteiger partial charge is 0.241 e. The molecule has 0 bridgehead atoms. The van der Waals surface area contributed by atoms with Crippen LogP contribution >= 0.6 is 12.2 Å². The molecule has 9 heteroatoms. The van der Waals surface area contributed by atoms with E-state index in [-0.39, 0.29) is 33.4 Å². The average Bonchev–Trinajstić information content (AvgIpc) is 2.62. The van der Waals surface area contributed by atoms with Crippen molar-refractivity contribution in [1.29, 1.82) is 0 Å². The predicted octanol–water partition coefficient (Wildman–Crippen LogP) is 0.176. The van der Waals surface area contributed by atoms with E-state index >= 15 is 0 Å². The Balaban J connectivity index is 2.39. The molecule has 0 aliphatic carbocycles. The Morgan fingerprint density at radius 1 is 1.38 bits per heavy atom. The van der Waals surface area contributed by atoms with Gasteiger partial charge in [-0.2, -0.15) is 0 Å². The summed E-state index contributed by atoms with van der Waals surface area (Å²) in [5.41, 5.74) is 4.77. The Labute approximate surface area is 129 Å². The second-order valence-electron chi connectivity index (χ2n) is 5.37. The number of hydrogen-bond donors (Lipinski definition) is 2. The van der Waals surface area contributed by atoms with E-state index in [9.17, 15) is 16.8 Å².